The first-order chi connectivity index (χ1) is 6.60. The Morgan fingerprint density at radius 2 is 1.86 bits per heavy atom. The zero-order valence-electron chi connectivity index (χ0n) is 8.84. The molecule has 0 unspecified atom stereocenters. The molecule has 0 spiro atoms. The zero-order chi connectivity index (χ0) is 10.7. The third-order valence-corrected chi connectivity index (χ3v) is 2.85. The number of nitrogens with zero attached hydrogens (tertiary/aromatic N) is 1. The fraction of sp³-hybridized carbons (Fsp3) is 0.455. The second-order valence-corrected chi connectivity index (χ2v) is 3.74. The quantitative estimate of drug-likeness (QED) is 0.754. The van der Waals surface area contributed by atoms with Crippen molar-refractivity contribution < 1.29 is 4.39 Å². The Bertz CT molecular complexity index is 321. The van der Waals surface area contributed by atoms with Gasteiger partial charge in [0.1, 0.15) is 5.82 Å². The molecule has 0 aliphatic rings. The Morgan fingerprint density at radius 3 is 2.36 bits per heavy atom. The van der Waals surface area contributed by atoms with Gasteiger partial charge in [-0.3, -0.25) is 0 Å². The van der Waals surface area contributed by atoms with Gasteiger partial charge in [-0.05, 0) is 38.5 Å². The molecule has 1 aromatic carbocycles. The summed E-state index contributed by atoms with van der Waals surface area (Å²) in [6.45, 7) is 7.51. The lowest BCUT2D eigenvalue weighted by atomic mass is 10.2. The fourth-order valence-corrected chi connectivity index (χ4v) is 1.64. The van der Waals surface area contributed by atoms with Crippen molar-refractivity contribution in [3.63, 3.8) is 0 Å². The molecule has 0 aliphatic heterocycles. The second-order valence-electron chi connectivity index (χ2n) is 3.26. The molecule has 3 heteroatoms. The zero-order valence-corrected chi connectivity index (χ0v) is 9.74. The molecule has 1 rings (SSSR count). The van der Waals surface area contributed by atoms with Crippen LogP contribution < -0.4 is 4.90 Å². The molecule has 1 aromatic rings. The molecule has 0 fully saturated rings. The predicted octanol–water partition coefficient (Wildman–Crippen LogP) is 3.27. The molecule has 0 aliphatic carbocycles. The van der Waals surface area contributed by atoms with Gasteiger partial charge in [-0.25, -0.2) is 4.39 Å². The van der Waals surface area contributed by atoms with Crippen LogP contribution in [0.2, 0.25) is 0 Å². The third kappa shape index (κ3) is 2.21. The number of thiol groups is 1. The van der Waals surface area contributed by atoms with Crippen LogP contribution in [0.3, 0.4) is 0 Å². The van der Waals surface area contributed by atoms with Crippen LogP contribution in [0, 0.1) is 12.7 Å². The standard InChI is InChI=1S/C11H16FNS/c1-4-13(5-2)10-7-11(14)8(3)6-9(10)12/h6-7,14H,4-5H2,1-3H3. The van der Waals surface area contributed by atoms with Gasteiger partial charge in [0.15, 0.2) is 0 Å². The maximum absolute atomic E-state index is 13.6. The van der Waals surface area contributed by atoms with Crippen LogP contribution in [-0.2, 0) is 0 Å². The molecule has 0 atom stereocenters. The summed E-state index contributed by atoms with van der Waals surface area (Å²) >= 11 is 4.29. The van der Waals surface area contributed by atoms with Crippen molar-refractivity contribution in [3.05, 3.63) is 23.5 Å². The van der Waals surface area contributed by atoms with Gasteiger partial charge in [0.05, 0.1) is 5.69 Å². The van der Waals surface area contributed by atoms with E-state index in [1.165, 1.54) is 6.07 Å². The molecule has 0 saturated heterocycles. The van der Waals surface area contributed by atoms with E-state index >= 15 is 0 Å². The van der Waals surface area contributed by atoms with Crippen molar-refractivity contribution in [3.8, 4) is 0 Å². The van der Waals surface area contributed by atoms with Gasteiger partial charge >= 0.3 is 0 Å². The lowest BCUT2D eigenvalue weighted by molar-refractivity contribution is 0.617. The van der Waals surface area contributed by atoms with Crippen LogP contribution in [-0.4, -0.2) is 13.1 Å². The van der Waals surface area contributed by atoms with Crippen molar-refractivity contribution in [2.45, 2.75) is 25.7 Å². The number of hydrogen-bond donors (Lipinski definition) is 1. The Hall–Kier alpha value is -0.700. The second kappa shape index (κ2) is 4.69. The van der Waals surface area contributed by atoms with Gasteiger partial charge in [0, 0.05) is 18.0 Å². The average molecular weight is 213 g/mol. The highest BCUT2D eigenvalue weighted by molar-refractivity contribution is 7.80. The summed E-state index contributed by atoms with van der Waals surface area (Å²) in [6, 6.07) is 3.33. The number of benzene rings is 1. The Labute approximate surface area is 90.3 Å². The van der Waals surface area contributed by atoms with Crippen LogP contribution in [0.5, 0.6) is 0 Å². The van der Waals surface area contributed by atoms with E-state index in [0.29, 0.717) is 5.69 Å². The summed E-state index contributed by atoms with van der Waals surface area (Å²) < 4.78 is 13.6. The molecule has 0 N–H and O–H groups in total. The molecule has 0 aromatic heterocycles. The number of halogens is 1. The topological polar surface area (TPSA) is 3.24 Å². The van der Waals surface area contributed by atoms with Crippen molar-refractivity contribution in [1.29, 1.82) is 0 Å². The van der Waals surface area contributed by atoms with Crippen LogP contribution in [0.25, 0.3) is 0 Å². The van der Waals surface area contributed by atoms with Gasteiger partial charge in [0.2, 0.25) is 0 Å². The van der Waals surface area contributed by atoms with E-state index < -0.39 is 0 Å². The number of aryl methyl sites for hydroxylation is 1. The van der Waals surface area contributed by atoms with E-state index in [1.807, 2.05) is 25.7 Å². The van der Waals surface area contributed by atoms with Gasteiger partial charge in [0.25, 0.3) is 0 Å². The monoisotopic (exact) mass is 213 g/mol. The SMILES string of the molecule is CCN(CC)c1cc(S)c(C)cc1F. The van der Waals surface area contributed by atoms with Crippen molar-refractivity contribution in [2.24, 2.45) is 0 Å². The van der Waals surface area contributed by atoms with Crippen molar-refractivity contribution >= 4 is 18.3 Å². The molecular formula is C11H16FNS. The van der Waals surface area contributed by atoms with Gasteiger partial charge < -0.3 is 4.90 Å². The minimum atomic E-state index is -0.163. The maximum atomic E-state index is 13.6. The lowest BCUT2D eigenvalue weighted by Crippen LogP contribution is -2.23. The normalized spacial score (nSPS) is 10.4. The van der Waals surface area contributed by atoms with Crippen LogP contribution in [0.15, 0.2) is 17.0 Å². The molecular weight excluding hydrogens is 197 g/mol. The van der Waals surface area contributed by atoms with E-state index in [4.69, 9.17) is 0 Å². The van der Waals surface area contributed by atoms with Gasteiger partial charge in [-0.2, -0.15) is 0 Å². The largest absolute Gasteiger partial charge is 0.370 e. The van der Waals surface area contributed by atoms with E-state index in [0.717, 1.165) is 23.5 Å². The number of hydrogen-bond acceptors (Lipinski definition) is 2. The minimum Gasteiger partial charge on any atom is -0.370 e. The Balaban J connectivity index is 3.14. The summed E-state index contributed by atoms with van der Waals surface area (Å²) in [6.07, 6.45) is 0. The average Bonchev–Trinajstić information content (AvgIpc) is 2.15. The third-order valence-electron chi connectivity index (χ3n) is 2.37. The van der Waals surface area contributed by atoms with Gasteiger partial charge in [-0.15, -0.1) is 12.6 Å². The maximum Gasteiger partial charge on any atom is 0.146 e. The van der Waals surface area contributed by atoms with Gasteiger partial charge in [-0.1, -0.05) is 0 Å². The number of rotatable bonds is 3. The summed E-state index contributed by atoms with van der Waals surface area (Å²) in [5.41, 5.74) is 1.52. The molecule has 14 heavy (non-hydrogen) atoms. The number of anilines is 1. The Kier molecular flexibility index (Phi) is 3.81. The highest BCUT2D eigenvalue weighted by Gasteiger charge is 2.09. The smallest absolute Gasteiger partial charge is 0.146 e. The summed E-state index contributed by atoms with van der Waals surface area (Å²) in [4.78, 5) is 2.82. The molecule has 0 heterocycles. The molecule has 0 radical (unpaired) electrons. The molecule has 0 amide bonds. The first-order valence-electron chi connectivity index (χ1n) is 4.84. The van der Waals surface area contributed by atoms with Crippen LogP contribution >= 0.6 is 12.6 Å². The van der Waals surface area contributed by atoms with E-state index in [9.17, 15) is 4.39 Å². The van der Waals surface area contributed by atoms with E-state index in [1.54, 1.807) is 6.07 Å². The first kappa shape index (κ1) is 11.4. The fourth-order valence-electron chi connectivity index (χ4n) is 1.46. The summed E-state index contributed by atoms with van der Waals surface area (Å²) in [7, 11) is 0. The van der Waals surface area contributed by atoms with E-state index in [2.05, 4.69) is 12.6 Å². The molecule has 1 nitrogen and oxygen atoms in total. The lowest BCUT2D eigenvalue weighted by Gasteiger charge is -2.22. The van der Waals surface area contributed by atoms with E-state index in [-0.39, 0.29) is 5.82 Å². The van der Waals surface area contributed by atoms with Crippen LogP contribution in [0.4, 0.5) is 10.1 Å². The van der Waals surface area contributed by atoms with Crippen molar-refractivity contribution in [2.75, 3.05) is 18.0 Å². The molecule has 0 saturated carbocycles. The minimum absolute atomic E-state index is 0.163. The predicted molar refractivity (Wildman–Crippen MR) is 62.0 cm³/mol. The highest BCUT2D eigenvalue weighted by atomic mass is 32.1. The molecule has 78 valence electrons. The Morgan fingerprint density at radius 1 is 1.29 bits per heavy atom. The molecule has 0 bridgehead atoms. The van der Waals surface area contributed by atoms with Crippen molar-refractivity contribution in [1.82, 2.24) is 0 Å². The summed E-state index contributed by atoms with van der Waals surface area (Å²) in [5.74, 6) is -0.163. The van der Waals surface area contributed by atoms with Crippen LogP contribution in [0.1, 0.15) is 19.4 Å². The highest BCUT2D eigenvalue weighted by Crippen LogP contribution is 2.25. The first-order valence-corrected chi connectivity index (χ1v) is 5.28. The summed E-state index contributed by atoms with van der Waals surface area (Å²) in [5, 5.41) is 0.